The van der Waals surface area contributed by atoms with Gasteiger partial charge in [-0.3, -0.25) is 0 Å². The molecule has 0 radical (unpaired) electrons. The summed E-state index contributed by atoms with van der Waals surface area (Å²) in [6, 6.07) is 3.65. The highest BCUT2D eigenvalue weighted by molar-refractivity contribution is 5.86. The average molecular weight is 276 g/mol. The van der Waals surface area contributed by atoms with Crippen molar-refractivity contribution in [1.82, 2.24) is 0 Å². The van der Waals surface area contributed by atoms with Crippen molar-refractivity contribution in [2.45, 2.75) is 13.3 Å². The fraction of sp³-hybridized carbons (Fsp3) is 0.250. The van der Waals surface area contributed by atoms with Crippen LogP contribution in [0.1, 0.15) is 12.5 Å². The van der Waals surface area contributed by atoms with Crippen molar-refractivity contribution in [3.05, 3.63) is 29.8 Å². The van der Waals surface area contributed by atoms with Crippen molar-refractivity contribution >= 4 is 12.0 Å². The van der Waals surface area contributed by atoms with Crippen LogP contribution in [0.4, 0.5) is 13.2 Å². The Kier molecular flexibility index (Phi) is 4.80. The molecule has 1 N–H and O–H groups in total. The molecule has 0 aliphatic carbocycles. The molecular weight excluding hydrogens is 265 g/mol. The van der Waals surface area contributed by atoms with E-state index in [9.17, 15) is 18.0 Å². The van der Waals surface area contributed by atoms with E-state index in [1.165, 1.54) is 12.1 Å². The van der Waals surface area contributed by atoms with Crippen LogP contribution in [0.5, 0.6) is 11.5 Å². The third kappa shape index (κ3) is 5.33. The largest absolute Gasteiger partial charge is 0.573 e. The van der Waals surface area contributed by atoms with E-state index in [4.69, 9.17) is 9.84 Å². The first kappa shape index (κ1) is 14.9. The second kappa shape index (κ2) is 6.12. The molecule has 0 aromatic heterocycles. The van der Waals surface area contributed by atoms with Crippen molar-refractivity contribution in [1.29, 1.82) is 0 Å². The van der Waals surface area contributed by atoms with E-state index in [-0.39, 0.29) is 5.56 Å². The molecular formula is C12H11F3O4. The molecule has 0 saturated heterocycles. The van der Waals surface area contributed by atoms with Crippen LogP contribution >= 0.6 is 0 Å². The van der Waals surface area contributed by atoms with Crippen LogP contribution in [0.2, 0.25) is 0 Å². The molecule has 1 aromatic rings. The summed E-state index contributed by atoms with van der Waals surface area (Å²) in [6.07, 6.45) is -3.13. The Hall–Kier alpha value is -2.18. The van der Waals surface area contributed by atoms with Crippen molar-refractivity contribution < 1.29 is 32.5 Å². The molecule has 0 saturated carbocycles. The highest BCUT2D eigenvalue weighted by atomic mass is 19.4. The molecule has 7 heteroatoms. The fourth-order valence-electron chi connectivity index (χ4n) is 1.29. The lowest BCUT2D eigenvalue weighted by atomic mass is 10.1. The van der Waals surface area contributed by atoms with Crippen LogP contribution in [0, 0.1) is 0 Å². The third-order valence-corrected chi connectivity index (χ3v) is 1.92. The van der Waals surface area contributed by atoms with Crippen molar-refractivity contribution in [2.75, 3.05) is 6.61 Å². The zero-order valence-electron chi connectivity index (χ0n) is 9.90. The van der Waals surface area contributed by atoms with Gasteiger partial charge in [0, 0.05) is 11.6 Å². The number of halogens is 3. The Bertz CT molecular complexity index is 480. The van der Waals surface area contributed by atoms with Gasteiger partial charge in [-0.2, -0.15) is 0 Å². The predicted molar refractivity (Wildman–Crippen MR) is 61.0 cm³/mol. The number of hydrogen-bond acceptors (Lipinski definition) is 3. The Labute approximate surface area is 107 Å². The molecule has 0 aliphatic heterocycles. The predicted octanol–water partition coefficient (Wildman–Crippen LogP) is 3.08. The second-order valence-corrected chi connectivity index (χ2v) is 3.35. The summed E-state index contributed by atoms with van der Waals surface area (Å²) in [6.45, 7) is 2.05. The molecule has 0 aliphatic rings. The van der Waals surface area contributed by atoms with E-state index in [1.54, 1.807) is 6.92 Å². The number of aliphatic carboxylic acids is 1. The second-order valence-electron chi connectivity index (χ2n) is 3.35. The molecule has 0 atom stereocenters. The van der Waals surface area contributed by atoms with Gasteiger partial charge in [0.05, 0.1) is 6.61 Å². The topological polar surface area (TPSA) is 55.8 Å². The van der Waals surface area contributed by atoms with Gasteiger partial charge in [0.2, 0.25) is 0 Å². The molecule has 0 amide bonds. The Morgan fingerprint density at radius 1 is 1.42 bits per heavy atom. The summed E-state index contributed by atoms with van der Waals surface area (Å²) in [5, 5.41) is 8.49. The normalized spacial score (nSPS) is 11.6. The highest BCUT2D eigenvalue weighted by Crippen LogP contribution is 2.30. The van der Waals surface area contributed by atoms with E-state index >= 15 is 0 Å². The Morgan fingerprint density at radius 3 is 2.63 bits per heavy atom. The SMILES string of the molecule is CCOc1ccc(OC(F)(F)F)c(/C=C/C(=O)O)c1. The number of carboxylic acids is 1. The average Bonchev–Trinajstić information content (AvgIpc) is 2.27. The van der Waals surface area contributed by atoms with Gasteiger partial charge in [0.25, 0.3) is 0 Å². The van der Waals surface area contributed by atoms with Gasteiger partial charge in [-0.15, -0.1) is 13.2 Å². The van der Waals surface area contributed by atoms with Gasteiger partial charge in [0.15, 0.2) is 0 Å². The minimum atomic E-state index is -4.85. The van der Waals surface area contributed by atoms with Crippen LogP contribution < -0.4 is 9.47 Å². The van der Waals surface area contributed by atoms with Crippen LogP contribution in [0.15, 0.2) is 24.3 Å². The smallest absolute Gasteiger partial charge is 0.494 e. The number of hydrogen-bond donors (Lipinski definition) is 1. The number of benzene rings is 1. The van der Waals surface area contributed by atoms with Gasteiger partial charge in [0.1, 0.15) is 11.5 Å². The maximum Gasteiger partial charge on any atom is 0.573 e. The number of carbonyl (C=O) groups is 1. The van der Waals surface area contributed by atoms with Crippen LogP contribution in [-0.4, -0.2) is 24.0 Å². The first-order valence-electron chi connectivity index (χ1n) is 5.25. The summed E-state index contributed by atoms with van der Waals surface area (Å²) >= 11 is 0. The van der Waals surface area contributed by atoms with Gasteiger partial charge in [-0.25, -0.2) is 4.79 Å². The molecule has 0 fully saturated rings. The minimum Gasteiger partial charge on any atom is -0.494 e. The lowest BCUT2D eigenvalue weighted by molar-refractivity contribution is -0.274. The van der Waals surface area contributed by atoms with Crippen molar-refractivity contribution in [2.24, 2.45) is 0 Å². The molecule has 0 unspecified atom stereocenters. The number of carboxylic acid groups (broad SMARTS) is 1. The highest BCUT2D eigenvalue weighted by Gasteiger charge is 2.31. The van der Waals surface area contributed by atoms with E-state index < -0.39 is 18.1 Å². The van der Waals surface area contributed by atoms with Gasteiger partial charge < -0.3 is 14.6 Å². The quantitative estimate of drug-likeness (QED) is 0.840. The standard InChI is InChI=1S/C12H11F3O4/c1-2-18-9-4-5-10(19-12(13,14)15)8(7-9)3-6-11(16)17/h3-7H,2H2,1H3,(H,16,17)/b6-3+. The summed E-state index contributed by atoms with van der Waals surface area (Å²) in [4.78, 5) is 10.4. The molecule has 19 heavy (non-hydrogen) atoms. The Morgan fingerprint density at radius 2 is 2.11 bits per heavy atom. The van der Waals surface area contributed by atoms with Crippen molar-refractivity contribution in [3.8, 4) is 11.5 Å². The van der Waals surface area contributed by atoms with Crippen molar-refractivity contribution in [3.63, 3.8) is 0 Å². The maximum atomic E-state index is 12.2. The number of alkyl halides is 3. The summed E-state index contributed by atoms with van der Waals surface area (Å²) in [7, 11) is 0. The Balaban J connectivity index is 3.10. The van der Waals surface area contributed by atoms with E-state index in [1.807, 2.05) is 0 Å². The van der Waals surface area contributed by atoms with Crippen LogP contribution in [0.25, 0.3) is 6.08 Å². The van der Waals surface area contributed by atoms with Gasteiger partial charge in [-0.1, -0.05) is 0 Å². The van der Waals surface area contributed by atoms with Crippen LogP contribution in [0.3, 0.4) is 0 Å². The first-order chi connectivity index (χ1) is 8.81. The molecule has 4 nitrogen and oxygen atoms in total. The lowest BCUT2D eigenvalue weighted by Gasteiger charge is -2.12. The summed E-state index contributed by atoms with van der Waals surface area (Å²) < 4.78 is 45.4. The van der Waals surface area contributed by atoms with E-state index in [0.29, 0.717) is 18.4 Å². The fourth-order valence-corrected chi connectivity index (χ4v) is 1.29. The lowest BCUT2D eigenvalue weighted by Crippen LogP contribution is -2.17. The van der Waals surface area contributed by atoms with E-state index in [0.717, 1.165) is 12.1 Å². The first-order valence-corrected chi connectivity index (χ1v) is 5.25. The zero-order chi connectivity index (χ0) is 14.5. The molecule has 0 bridgehead atoms. The summed E-state index contributed by atoms with van der Waals surface area (Å²) in [5.41, 5.74) is -0.0364. The molecule has 0 heterocycles. The van der Waals surface area contributed by atoms with Gasteiger partial charge in [-0.05, 0) is 31.2 Å². The minimum absolute atomic E-state index is 0.0364. The number of ether oxygens (including phenoxy) is 2. The zero-order valence-corrected chi connectivity index (χ0v) is 9.90. The molecule has 1 rings (SSSR count). The van der Waals surface area contributed by atoms with Gasteiger partial charge >= 0.3 is 12.3 Å². The third-order valence-electron chi connectivity index (χ3n) is 1.92. The van der Waals surface area contributed by atoms with E-state index in [2.05, 4.69) is 4.74 Å². The molecule has 1 aromatic carbocycles. The monoisotopic (exact) mass is 276 g/mol. The van der Waals surface area contributed by atoms with Crippen LogP contribution in [-0.2, 0) is 4.79 Å². The maximum absolute atomic E-state index is 12.2. The summed E-state index contributed by atoms with van der Waals surface area (Å²) in [5.74, 6) is -1.45. The number of rotatable bonds is 5. The molecule has 0 spiro atoms. The molecule has 104 valence electrons.